The van der Waals surface area contributed by atoms with Gasteiger partial charge in [0.15, 0.2) is 0 Å². The van der Waals surface area contributed by atoms with Gasteiger partial charge in [0, 0.05) is 26.1 Å². The molecule has 0 aromatic carbocycles. The van der Waals surface area contributed by atoms with Crippen LogP contribution in [0.4, 0.5) is 0 Å². The molecule has 0 fully saturated rings. The predicted molar refractivity (Wildman–Crippen MR) is 46.3 cm³/mol. The molecule has 0 aliphatic carbocycles. The number of alkyl halides is 1. The number of hydrogen-bond acceptors (Lipinski definition) is 3. The molecule has 0 rings (SSSR count). The minimum Gasteiger partial charge on any atom is -0.456 e. The van der Waals surface area contributed by atoms with E-state index in [4.69, 9.17) is 25.5 Å². The predicted octanol–water partition coefficient (Wildman–Crippen LogP) is 0.813. The smallest absolute Gasteiger partial charge is 0.332 e. The lowest BCUT2D eigenvalue weighted by atomic mass is 10.2. The lowest BCUT2D eigenvalue weighted by Gasteiger charge is -2.17. The molecule has 0 aromatic rings. The van der Waals surface area contributed by atoms with Gasteiger partial charge < -0.3 is 9.47 Å². The summed E-state index contributed by atoms with van der Waals surface area (Å²) in [6.45, 7) is 15.2. The first-order chi connectivity index (χ1) is 5.45. The Bertz CT molecular complexity index is 140. The van der Waals surface area contributed by atoms with Gasteiger partial charge in [-0.25, -0.2) is 4.79 Å². The van der Waals surface area contributed by atoms with E-state index in [9.17, 15) is 4.79 Å². The first-order valence-electron chi connectivity index (χ1n) is 3.18. The van der Waals surface area contributed by atoms with E-state index in [0.717, 1.165) is 0 Å². The summed E-state index contributed by atoms with van der Waals surface area (Å²) in [5.41, 5.74) is -1.92. The molecule has 0 aliphatic heterocycles. The highest BCUT2D eigenvalue weighted by Gasteiger charge is 2.17. The van der Waals surface area contributed by atoms with E-state index < -0.39 is 11.6 Å². The van der Waals surface area contributed by atoms with Crippen molar-refractivity contribution >= 4 is 21.9 Å². The van der Waals surface area contributed by atoms with E-state index >= 15 is 0 Å². The summed E-state index contributed by atoms with van der Waals surface area (Å²) in [5, 5.41) is 0.638. The minimum absolute atomic E-state index is 0.209. The summed E-state index contributed by atoms with van der Waals surface area (Å²) in [6, 6.07) is 0. The summed E-state index contributed by atoms with van der Waals surface area (Å²) in [6.07, 6.45) is 0. The Hall–Kier alpha value is -0.0900. The van der Waals surface area contributed by atoms with E-state index in [1.54, 1.807) is 0 Å². The minimum atomic E-state index is -1.92. The van der Waals surface area contributed by atoms with Gasteiger partial charge in [-0.2, -0.15) is 0 Å². The van der Waals surface area contributed by atoms with E-state index in [-0.39, 0.29) is 6.61 Å². The molecule has 0 spiro atoms. The van der Waals surface area contributed by atoms with E-state index in [2.05, 4.69) is 20.7 Å². The van der Waals surface area contributed by atoms with Gasteiger partial charge in [0.1, 0.15) is 12.2 Å². The molecule has 12 heavy (non-hydrogen) atoms. The van der Waals surface area contributed by atoms with Crippen LogP contribution in [-0.2, 0) is 14.3 Å². The second-order valence-corrected chi connectivity index (χ2v) is 2.86. The number of hydrogen-bond donors (Lipinski definition) is 0. The number of halogens is 1. The monoisotopic (exact) mass is 232 g/mol. The molecule has 0 saturated carbocycles. The standard InChI is InChI=1S/C8H9BrO3/c1-8(2,3)12-7(10)6-11-5-4-9/h1-3H,4-6H2. The molecule has 3 nitrogen and oxygen atoms in total. The molecule has 4 heteroatoms. The summed E-state index contributed by atoms with van der Waals surface area (Å²) in [5.74, 6) is -0.691. The fourth-order valence-corrected chi connectivity index (χ4v) is 0.666. The van der Waals surface area contributed by atoms with Crippen LogP contribution in [-0.4, -0.2) is 30.1 Å². The zero-order valence-corrected chi connectivity index (χ0v) is 8.04. The van der Waals surface area contributed by atoms with Crippen molar-refractivity contribution in [1.29, 1.82) is 0 Å². The zero-order valence-electron chi connectivity index (χ0n) is 6.46. The fourth-order valence-electron chi connectivity index (χ4n) is 0.437. The molecule has 0 saturated heterocycles. The van der Waals surface area contributed by atoms with Crippen LogP contribution in [0.15, 0.2) is 0 Å². The van der Waals surface area contributed by atoms with Crippen LogP contribution in [0.5, 0.6) is 0 Å². The summed E-state index contributed by atoms with van der Waals surface area (Å²) >= 11 is 3.11. The molecule has 0 bridgehead atoms. The van der Waals surface area contributed by atoms with Gasteiger partial charge in [0.25, 0.3) is 0 Å². The van der Waals surface area contributed by atoms with Crippen LogP contribution in [0.1, 0.15) is 0 Å². The van der Waals surface area contributed by atoms with Crippen molar-refractivity contribution < 1.29 is 14.3 Å². The zero-order chi connectivity index (χ0) is 9.61. The Balaban J connectivity index is 3.47. The highest BCUT2D eigenvalue weighted by molar-refractivity contribution is 9.09. The van der Waals surface area contributed by atoms with Crippen molar-refractivity contribution in [3.05, 3.63) is 20.8 Å². The van der Waals surface area contributed by atoms with Gasteiger partial charge in [-0.15, -0.1) is 0 Å². The van der Waals surface area contributed by atoms with Crippen molar-refractivity contribution in [2.75, 3.05) is 18.5 Å². The maximum atomic E-state index is 10.7. The molecule has 6 radical (unpaired) electrons. The second-order valence-electron chi connectivity index (χ2n) is 2.07. The molecule has 66 valence electrons. The second kappa shape index (κ2) is 5.54. The van der Waals surface area contributed by atoms with Gasteiger partial charge in [-0.1, -0.05) is 15.9 Å². The van der Waals surface area contributed by atoms with Gasteiger partial charge in [0.2, 0.25) is 0 Å². The van der Waals surface area contributed by atoms with Crippen molar-refractivity contribution in [1.82, 2.24) is 0 Å². The normalized spacial score (nSPS) is 11.3. The van der Waals surface area contributed by atoms with E-state index in [1.165, 1.54) is 0 Å². The van der Waals surface area contributed by atoms with Crippen LogP contribution in [0.25, 0.3) is 0 Å². The Morgan fingerprint density at radius 3 is 2.42 bits per heavy atom. The summed E-state index contributed by atoms with van der Waals surface area (Å²) < 4.78 is 9.14. The van der Waals surface area contributed by atoms with Crippen LogP contribution < -0.4 is 0 Å². The average Bonchev–Trinajstić information content (AvgIpc) is 1.84. The topological polar surface area (TPSA) is 35.5 Å². The SMILES string of the molecule is [CH]C([CH])([CH])OC(=O)COCCBr. The van der Waals surface area contributed by atoms with Gasteiger partial charge in [0.05, 0.1) is 6.61 Å². The van der Waals surface area contributed by atoms with E-state index in [0.29, 0.717) is 11.9 Å². The summed E-state index contributed by atoms with van der Waals surface area (Å²) in [7, 11) is 0. The third-order valence-electron chi connectivity index (χ3n) is 0.732. The van der Waals surface area contributed by atoms with Crippen molar-refractivity contribution in [2.45, 2.75) is 5.60 Å². The molecule has 0 aromatic heterocycles. The van der Waals surface area contributed by atoms with Crippen molar-refractivity contribution in [3.8, 4) is 0 Å². The number of carbonyl (C=O) groups excluding carboxylic acids is 1. The number of rotatable bonds is 5. The highest BCUT2D eigenvalue weighted by Crippen LogP contribution is 2.04. The molecule has 0 N–H and O–H groups in total. The molecule has 0 aliphatic rings. The van der Waals surface area contributed by atoms with E-state index in [1.807, 2.05) is 0 Å². The maximum Gasteiger partial charge on any atom is 0.332 e. The van der Waals surface area contributed by atoms with Crippen molar-refractivity contribution in [3.63, 3.8) is 0 Å². The first-order valence-corrected chi connectivity index (χ1v) is 4.30. The van der Waals surface area contributed by atoms with Crippen LogP contribution in [0, 0.1) is 20.8 Å². The molecular weight excluding hydrogens is 224 g/mol. The maximum absolute atomic E-state index is 10.7. The largest absolute Gasteiger partial charge is 0.456 e. The molecule has 0 unspecified atom stereocenters. The quantitative estimate of drug-likeness (QED) is 0.400. The average molecular weight is 233 g/mol. The lowest BCUT2D eigenvalue weighted by Crippen LogP contribution is -2.27. The molecule has 0 amide bonds. The Kier molecular flexibility index (Phi) is 5.50. The van der Waals surface area contributed by atoms with Crippen LogP contribution in [0.3, 0.4) is 0 Å². The van der Waals surface area contributed by atoms with Crippen LogP contribution in [0.2, 0.25) is 0 Å². The first kappa shape index (κ1) is 11.9. The van der Waals surface area contributed by atoms with Crippen LogP contribution >= 0.6 is 15.9 Å². The number of ether oxygens (including phenoxy) is 2. The Labute approximate surface area is 81.6 Å². The van der Waals surface area contributed by atoms with Crippen molar-refractivity contribution in [2.24, 2.45) is 0 Å². The Morgan fingerprint density at radius 1 is 1.42 bits per heavy atom. The van der Waals surface area contributed by atoms with Gasteiger partial charge in [-0.3, -0.25) is 0 Å². The van der Waals surface area contributed by atoms with Gasteiger partial charge >= 0.3 is 5.97 Å². The molecule has 0 heterocycles. The third-order valence-corrected chi connectivity index (χ3v) is 1.06. The third kappa shape index (κ3) is 8.01. The molecular formula is C8H9BrO3. The number of esters is 1. The van der Waals surface area contributed by atoms with Gasteiger partial charge in [-0.05, 0) is 0 Å². The summed E-state index contributed by atoms with van der Waals surface area (Å²) in [4.78, 5) is 10.7. The Morgan fingerprint density at radius 2 is 2.00 bits per heavy atom. The number of carbonyl (C=O) groups is 1. The fraction of sp³-hybridized carbons (Fsp3) is 0.500. The molecule has 0 atom stereocenters. The highest BCUT2D eigenvalue weighted by atomic mass is 79.9. The lowest BCUT2D eigenvalue weighted by molar-refractivity contribution is -0.154.